The van der Waals surface area contributed by atoms with E-state index >= 15 is 0 Å². The summed E-state index contributed by atoms with van der Waals surface area (Å²) < 4.78 is 58.0. The van der Waals surface area contributed by atoms with Crippen molar-refractivity contribution in [2.24, 2.45) is 0 Å². The zero-order valence-electron chi connectivity index (χ0n) is 17.1. The predicted octanol–water partition coefficient (Wildman–Crippen LogP) is 2.16. The number of hydrogen-bond acceptors (Lipinski definition) is 6. The third-order valence-corrected chi connectivity index (χ3v) is 7.06. The second kappa shape index (κ2) is 9.90. The number of rotatable bonds is 4. The molecule has 1 aromatic rings. The van der Waals surface area contributed by atoms with Gasteiger partial charge in [-0.3, -0.25) is 0 Å². The summed E-state index contributed by atoms with van der Waals surface area (Å²) in [6.45, 7) is 7.05. The number of carboxylic acid groups (broad SMARTS) is 1. The van der Waals surface area contributed by atoms with E-state index in [1.54, 1.807) is 4.31 Å². The summed E-state index contributed by atoms with van der Waals surface area (Å²) in [6, 6.07) is 0. The van der Waals surface area contributed by atoms with Gasteiger partial charge >= 0.3 is 12.1 Å². The Morgan fingerprint density at radius 3 is 2.20 bits per heavy atom. The number of aromatic nitrogens is 2. The van der Waals surface area contributed by atoms with Crippen LogP contribution in [0.1, 0.15) is 43.1 Å². The van der Waals surface area contributed by atoms with Crippen LogP contribution in [-0.4, -0.2) is 71.9 Å². The smallest absolute Gasteiger partial charge is 0.475 e. The van der Waals surface area contributed by atoms with E-state index < -0.39 is 22.2 Å². The van der Waals surface area contributed by atoms with Gasteiger partial charge in [0.2, 0.25) is 16.0 Å². The first-order valence-corrected chi connectivity index (χ1v) is 11.5. The highest BCUT2D eigenvalue weighted by Gasteiger charge is 2.38. The Hall–Kier alpha value is -1.95. The Labute approximate surface area is 174 Å². The van der Waals surface area contributed by atoms with Gasteiger partial charge in [0, 0.05) is 38.3 Å². The number of aliphatic carboxylic acids is 1. The van der Waals surface area contributed by atoms with E-state index in [-0.39, 0.29) is 5.75 Å². The normalized spacial score (nSPS) is 17.7. The van der Waals surface area contributed by atoms with Crippen molar-refractivity contribution >= 4 is 21.9 Å². The van der Waals surface area contributed by atoms with Crippen LogP contribution < -0.4 is 4.90 Å². The van der Waals surface area contributed by atoms with E-state index in [1.165, 1.54) is 12.8 Å². The van der Waals surface area contributed by atoms with Crippen LogP contribution in [-0.2, 0) is 27.7 Å². The SMILES string of the molecule is CCCS(=O)(=O)N1CCc2nc(N3CCCC3)nc(C)c2CC1.O=C(O)C(F)(F)F. The topological polar surface area (TPSA) is 104 Å². The number of halogens is 3. The fraction of sp³-hybridized carbons (Fsp3) is 0.722. The Bertz CT molecular complexity index is 856. The molecule has 8 nitrogen and oxygen atoms in total. The number of aryl methyl sites for hydroxylation is 1. The van der Waals surface area contributed by atoms with Crippen LogP contribution >= 0.6 is 0 Å². The van der Waals surface area contributed by atoms with Gasteiger partial charge in [-0.05, 0) is 38.2 Å². The number of anilines is 1. The van der Waals surface area contributed by atoms with Crippen LogP contribution in [0.4, 0.5) is 19.1 Å². The van der Waals surface area contributed by atoms with Crippen molar-refractivity contribution in [2.75, 3.05) is 36.8 Å². The molecule has 2 aliphatic rings. The molecule has 170 valence electrons. The summed E-state index contributed by atoms with van der Waals surface area (Å²) in [5, 5.41) is 7.12. The average Bonchev–Trinajstić information content (AvgIpc) is 3.08. The molecule has 0 atom stereocenters. The van der Waals surface area contributed by atoms with Crippen molar-refractivity contribution in [1.29, 1.82) is 0 Å². The number of nitrogens with zero attached hydrogens (tertiary/aromatic N) is 4. The summed E-state index contributed by atoms with van der Waals surface area (Å²) in [6.07, 6.45) is -0.637. The highest BCUT2D eigenvalue weighted by atomic mass is 32.2. The van der Waals surface area contributed by atoms with Crippen molar-refractivity contribution in [1.82, 2.24) is 14.3 Å². The van der Waals surface area contributed by atoms with Gasteiger partial charge < -0.3 is 10.0 Å². The van der Waals surface area contributed by atoms with Crippen molar-refractivity contribution in [2.45, 2.75) is 52.1 Å². The second-order valence-corrected chi connectivity index (χ2v) is 9.33. The van der Waals surface area contributed by atoms with Crippen LogP contribution in [0.15, 0.2) is 0 Å². The standard InChI is InChI=1S/C16H26N4O2S.C2HF3O2/c1-3-12-23(21,22)20-10-6-14-13(2)17-16(18-15(14)7-11-20)19-8-4-5-9-19;3-2(4,5)1(6)7/h3-12H2,1-2H3;(H,6,7). The molecule has 1 N–H and O–H groups in total. The zero-order valence-corrected chi connectivity index (χ0v) is 17.9. The molecule has 12 heteroatoms. The lowest BCUT2D eigenvalue weighted by Gasteiger charge is -2.19. The number of hydrogen-bond donors (Lipinski definition) is 1. The van der Waals surface area contributed by atoms with Gasteiger partial charge in [-0.15, -0.1) is 0 Å². The van der Waals surface area contributed by atoms with Gasteiger partial charge in [0.05, 0.1) is 11.4 Å². The van der Waals surface area contributed by atoms with E-state index in [2.05, 4.69) is 9.88 Å². The molecule has 1 aromatic heterocycles. The van der Waals surface area contributed by atoms with Crippen LogP contribution in [0.3, 0.4) is 0 Å². The fourth-order valence-electron chi connectivity index (χ4n) is 3.47. The number of fused-ring (bicyclic) bond motifs is 1. The second-order valence-electron chi connectivity index (χ2n) is 7.25. The third-order valence-electron chi connectivity index (χ3n) is 4.98. The molecule has 2 aliphatic heterocycles. The Morgan fingerprint density at radius 1 is 1.10 bits per heavy atom. The molecular weight excluding hydrogens is 425 g/mol. The molecule has 3 heterocycles. The lowest BCUT2D eigenvalue weighted by atomic mass is 10.1. The zero-order chi connectivity index (χ0) is 22.5. The number of sulfonamides is 1. The lowest BCUT2D eigenvalue weighted by molar-refractivity contribution is -0.192. The minimum Gasteiger partial charge on any atom is -0.475 e. The molecule has 0 aliphatic carbocycles. The molecule has 0 unspecified atom stereocenters. The van der Waals surface area contributed by atoms with Gasteiger partial charge in [0.15, 0.2) is 0 Å². The van der Waals surface area contributed by atoms with Crippen LogP contribution in [0, 0.1) is 6.92 Å². The molecule has 0 radical (unpaired) electrons. The summed E-state index contributed by atoms with van der Waals surface area (Å²) in [7, 11) is -3.14. The molecule has 1 saturated heterocycles. The lowest BCUT2D eigenvalue weighted by Crippen LogP contribution is -2.35. The van der Waals surface area contributed by atoms with E-state index in [1.807, 2.05) is 13.8 Å². The molecule has 0 aromatic carbocycles. The molecule has 30 heavy (non-hydrogen) atoms. The summed E-state index contributed by atoms with van der Waals surface area (Å²) in [5.41, 5.74) is 3.18. The molecular formula is C18H27F3N4O4S. The maximum absolute atomic E-state index is 12.3. The first-order chi connectivity index (χ1) is 14.0. The third kappa shape index (κ3) is 6.27. The van der Waals surface area contributed by atoms with Gasteiger partial charge in [-0.25, -0.2) is 27.5 Å². The highest BCUT2D eigenvalue weighted by Crippen LogP contribution is 2.23. The minimum atomic E-state index is -5.08. The van der Waals surface area contributed by atoms with Crippen LogP contribution in [0.2, 0.25) is 0 Å². The predicted molar refractivity (Wildman–Crippen MR) is 105 cm³/mol. The van der Waals surface area contributed by atoms with E-state index in [0.717, 1.165) is 36.0 Å². The van der Waals surface area contributed by atoms with Gasteiger partial charge in [-0.1, -0.05) is 6.92 Å². The summed E-state index contributed by atoms with van der Waals surface area (Å²) in [4.78, 5) is 20.6. The van der Waals surface area contributed by atoms with Crippen molar-refractivity contribution in [3.05, 3.63) is 17.0 Å². The molecule has 0 amide bonds. The number of carboxylic acids is 1. The monoisotopic (exact) mass is 452 g/mol. The molecule has 0 spiro atoms. The maximum Gasteiger partial charge on any atom is 0.490 e. The van der Waals surface area contributed by atoms with Gasteiger partial charge in [-0.2, -0.15) is 13.2 Å². The van der Waals surface area contributed by atoms with Crippen molar-refractivity contribution in [3.63, 3.8) is 0 Å². The Kier molecular flexibility index (Phi) is 8.03. The Morgan fingerprint density at radius 2 is 1.67 bits per heavy atom. The van der Waals surface area contributed by atoms with Gasteiger partial charge in [0.25, 0.3) is 0 Å². The van der Waals surface area contributed by atoms with E-state index in [4.69, 9.17) is 14.9 Å². The quantitative estimate of drug-likeness (QED) is 0.747. The molecule has 1 fully saturated rings. The van der Waals surface area contributed by atoms with Gasteiger partial charge in [0.1, 0.15) is 0 Å². The molecule has 3 rings (SSSR count). The summed E-state index contributed by atoms with van der Waals surface area (Å²) >= 11 is 0. The van der Waals surface area contributed by atoms with E-state index in [0.29, 0.717) is 32.4 Å². The Balaban J connectivity index is 0.000000396. The minimum absolute atomic E-state index is 0.229. The van der Waals surface area contributed by atoms with E-state index in [9.17, 15) is 21.6 Å². The number of alkyl halides is 3. The average molecular weight is 452 g/mol. The van der Waals surface area contributed by atoms with Crippen LogP contribution in [0.25, 0.3) is 0 Å². The highest BCUT2D eigenvalue weighted by molar-refractivity contribution is 7.89. The molecule has 0 bridgehead atoms. The number of carbonyl (C=O) groups is 1. The van der Waals surface area contributed by atoms with Crippen LogP contribution in [0.5, 0.6) is 0 Å². The fourth-order valence-corrected chi connectivity index (χ4v) is 4.99. The maximum atomic E-state index is 12.3. The first-order valence-electron chi connectivity index (χ1n) is 9.85. The summed E-state index contributed by atoms with van der Waals surface area (Å²) in [5.74, 6) is -1.70. The largest absolute Gasteiger partial charge is 0.490 e. The van der Waals surface area contributed by atoms with Crippen molar-refractivity contribution in [3.8, 4) is 0 Å². The first kappa shape index (κ1) is 24.3. The van der Waals surface area contributed by atoms with Crippen molar-refractivity contribution < 1.29 is 31.5 Å². The molecule has 0 saturated carbocycles.